The van der Waals surface area contributed by atoms with Gasteiger partial charge in [-0.25, -0.2) is 9.78 Å². The third-order valence-electron chi connectivity index (χ3n) is 2.80. The van der Waals surface area contributed by atoms with E-state index in [0.717, 1.165) is 32.2 Å². The number of thiazole rings is 1. The van der Waals surface area contributed by atoms with Crippen LogP contribution in [0.4, 0.5) is 0 Å². The van der Waals surface area contributed by atoms with E-state index in [-0.39, 0.29) is 12.3 Å². The van der Waals surface area contributed by atoms with Crippen molar-refractivity contribution in [3.05, 3.63) is 39.3 Å². The molecule has 3 rings (SSSR count). The molecule has 3 N–H and O–H groups in total. The first-order chi connectivity index (χ1) is 8.67. The fraction of sp³-hybridized carbons (Fsp3) is 0.167. The van der Waals surface area contributed by atoms with Crippen molar-refractivity contribution < 1.29 is 5.11 Å². The molecule has 0 saturated carbocycles. The molecular formula is C12H11N3O2S. The van der Waals surface area contributed by atoms with Gasteiger partial charge in [0.25, 0.3) is 0 Å². The molecule has 18 heavy (non-hydrogen) atoms. The first kappa shape index (κ1) is 11.2. The zero-order valence-electron chi connectivity index (χ0n) is 9.65. The molecular weight excluding hydrogens is 250 g/mol. The second-order valence-electron chi connectivity index (χ2n) is 4.03. The maximum Gasteiger partial charge on any atom is 0.323 e. The van der Waals surface area contributed by atoms with Crippen LogP contribution in [0, 0.1) is 6.92 Å². The van der Waals surface area contributed by atoms with E-state index in [1.165, 1.54) is 11.3 Å². The van der Waals surface area contributed by atoms with E-state index in [0.29, 0.717) is 0 Å². The molecule has 0 aliphatic heterocycles. The van der Waals surface area contributed by atoms with Crippen molar-refractivity contribution in [3.63, 3.8) is 0 Å². The molecule has 0 bridgehead atoms. The Hall–Kier alpha value is -1.92. The van der Waals surface area contributed by atoms with Gasteiger partial charge in [-0.15, -0.1) is 11.3 Å². The number of imidazole rings is 1. The second-order valence-corrected chi connectivity index (χ2v) is 5.11. The number of aliphatic hydroxyl groups is 1. The van der Waals surface area contributed by atoms with Crippen LogP contribution in [0.25, 0.3) is 21.6 Å². The van der Waals surface area contributed by atoms with Gasteiger partial charge >= 0.3 is 5.69 Å². The number of nitrogens with zero attached hydrogens (tertiary/aromatic N) is 1. The molecule has 1 aromatic carbocycles. The van der Waals surface area contributed by atoms with Crippen LogP contribution in [-0.2, 0) is 6.61 Å². The number of aromatic nitrogens is 3. The summed E-state index contributed by atoms with van der Waals surface area (Å²) in [4.78, 5) is 21.9. The van der Waals surface area contributed by atoms with Crippen LogP contribution in [0.1, 0.15) is 10.6 Å². The summed E-state index contributed by atoms with van der Waals surface area (Å²) in [6.07, 6.45) is 0. The first-order valence-electron chi connectivity index (χ1n) is 5.47. The van der Waals surface area contributed by atoms with E-state index in [9.17, 15) is 9.90 Å². The Morgan fingerprint density at radius 1 is 1.33 bits per heavy atom. The largest absolute Gasteiger partial charge is 0.391 e. The minimum Gasteiger partial charge on any atom is -0.391 e. The summed E-state index contributed by atoms with van der Waals surface area (Å²) < 4.78 is 0. The van der Waals surface area contributed by atoms with Crippen LogP contribution in [-0.4, -0.2) is 20.1 Å². The molecule has 0 atom stereocenters. The lowest BCUT2D eigenvalue weighted by molar-refractivity contribution is 0.284. The lowest BCUT2D eigenvalue weighted by atomic mass is 10.2. The summed E-state index contributed by atoms with van der Waals surface area (Å²) in [6, 6.07) is 5.64. The van der Waals surface area contributed by atoms with Crippen LogP contribution in [0.15, 0.2) is 23.0 Å². The van der Waals surface area contributed by atoms with Crippen LogP contribution in [0.5, 0.6) is 0 Å². The third-order valence-corrected chi connectivity index (χ3v) is 3.99. The van der Waals surface area contributed by atoms with E-state index in [1.54, 1.807) is 0 Å². The molecule has 0 amide bonds. The zero-order chi connectivity index (χ0) is 12.7. The van der Waals surface area contributed by atoms with Crippen LogP contribution in [0.3, 0.4) is 0 Å². The second kappa shape index (κ2) is 4.08. The van der Waals surface area contributed by atoms with Crippen molar-refractivity contribution >= 4 is 22.4 Å². The quantitative estimate of drug-likeness (QED) is 0.657. The minimum absolute atomic E-state index is 0.00668. The molecule has 0 saturated heterocycles. The summed E-state index contributed by atoms with van der Waals surface area (Å²) in [5, 5.41) is 10.0. The highest BCUT2D eigenvalue weighted by molar-refractivity contribution is 7.15. The Labute approximate surface area is 106 Å². The first-order valence-corrected chi connectivity index (χ1v) is 6.28. The Balaban J connectivity index is 2.15. The fourth-order valence-electron chi connectivity index (χ4n) is 1.86. The van der Waals surface area contributed by atoms with E-state index >= 15 is 0 Å². The number of H-pyrrole nitrogens is 2. The monoisotopic (exact) mass is 261 g/mol. The molecule has 5 nitrogen and oxygen atoms in total. The lowest BCUT2D eigenvalue weighted by Gasteiger charge is -1.95. The molecule has 0 fully saturated rings. The minimum atomic E-state index is -0.214. The highest BCUT2D eigenvalue weighted by atomic mass is 32.1. The number of aliphatic hydroxyl groups excluding tert-OH is 1. The number of hydrogen-bond donors (Lipinski definition) is 3. The maximum absolute atomic E-state index is 11.2. The van der Waals surface area contributed by atoms with Gasteiger partial charge in [-0.05, 0) is 25.1 Å². The molecule has 2 heterocycles. The predicted octanol–water partition coefficient (Wildman–Crippen LogP) is 1.78. The van der Waals surface area contributed by atoms with Gasteiger partial charge in [0.2, 0.25) is 0 Å². The Morgan fingerprint density at radius 3 is 2.83 bits per heavy atom. The normalized spacial score (nSPS) is 11.2. The van der Waals surface area contributed by atoms with Gasteiger partial charge in [0, 0.05) is 5.56 Å². The highest BCUT2D eigenvalue weighted by Crippen LogP contribution is 2.29. The number of rotatable bonds is 2. The molecule has 92 valence electrons. The van der Waals surface area contributed by atoms with Crippen LogP contribution >= 0.6 is 11.3 Å². The predicted molar refractivity (Wildman–Crippen MR) is 70.7 cm³/mol. The molecule has 0 spiro atoms. The molecule has 6 heteroatoms. The number of aryl methyl sites for hydroxylation is 1. The van der Waals surface area contributed by atoms with Crippen LogP contribution < -0.4 is 5.69 Å². The van der Waals surface area contributed by atoms with E-state index < -0.39 is 0 Å². The standard InChI is InChI=1S/C12H11N3O2S/c1-6-10(5-16)18-11(13-6)7-2-3-8-9(4-7)15-12(17)14-8/h2-4,16H,5H2,1H3,(H2,14,15,17). The SMILES string of the molecule is Cc1nc(-c2ccc3[nH]c(=O)[nH]c3c2)sc1CO. The zero-order valence-corrected chi connectivity index (χ0v) is 10.5. The summed E-state index contributed by atoms with van der Waals surface area (Å²) in [6.45, 7) is 1.88. The van der Waals surface area contributed by atoms with E-state index in [4.69, 9.17) is 0 Å². The summed E-state index contributed by atoms with van der Waals surface area (Å²) >= 11 is 1.46. The lowest BCUT2D eigenvalue weighted by Crippen LogP contribution is -1.99. The summed E-state index contributed by atoms with van der Waals surface area (Å²) in [7, 11) is 0. The molecule has 3 aromatic rings. The van der Waals surface area contributed by atoms with Gasteiger partial charge in [-0.2, -0.15) is 0 Å². The summed E-state index contributed by atoms with van der Waals surface area (Å²) in [5.41, 5.74) is 3.11. The number of hydrogen-bond acceptors (Lipinski definition) is 4. The average molecular weight is 261 g/mol. The molecule has 0 radical (unpaired) electrons. The number of nitrogens with one attached hydrogen (secondary N) is 2. The van der Waals surface area contributed by atoms with Gasteiger partial charge in [0.05, 0.1) is 28.2 Å². The van der Waals surface area contributed by atoms with Crippen molar-refractivity contribution in [2.75, 3.05) is 0 Å². The van der Waals surface area contributed by atoms with Gasteiger partial charge in [0.1, 0.15) is 5.01 Å². The van der Waals surface area contributed by atoms with Crippen molar-refractivity contribution in [1.82, 2.24) is 15.0 Å². The number of benzene rings is 1. The van der Waals surface area contributed by atoms with Crippen molar-refractivity contribution in [2.24, 2.45) is 0 Å². The maximum atomic E-state index is 11.2. The number of aromatic amines is 2. The Kier molecular flexibility index (Phi) is 2.53. The van der Waals surface area contributed by atoms with Gasteiger partial charge in [-0.1, -0.05) is 0 Å². The molecule has 2 aromatic heterocycles. The topological polar surface area (TPSA) is 81.8 Å². The van der Waals surface area contributed by atoms with Crippen molar-refractivity contribution in [1.29, 1.82) is 0 Å². The van der Waals surface area contributed by atoms with Crippen molar-refractivity contribution in [3.8, 4) is 10.6 Å². The Bertz CT molecular complexity index is 769. The number of fused-ring (bicyclic) bond motifs is 1. The van der Waals surface area contributed by atoms with Gasteiger partial charge in [-0.3, -0.25) is 0 Å². The van der Waals surface area contributed by atoms with E-state index in [1.807, 2.05) is 25.1 Å². The highest BCUT2D eigenvalue weighted by Gasteiger charge is 2.09. The van der Waals surface area contributed by atoms with E-state index in [2.05, 4.69) is 15.0 Å². The van der Waals surface area contributed by atoms with Crippen LogP contribution in [0.2, 0.25) is 0 Å². The smallest absolute Gasteiger partial charge is 0.323 e. The molecule has 0 unspecified atom stereocenters. The van der Waals surface area contributed by atoms with Gasteiger partial charge < -0.3 is 15.1 Å². The van der Waals surface area contributed by atoms with Gasteiger partial charge in [0.15, 0.2) is 0 Å². The third kappa shape index (κ3) is 1.75. The Morgan fingerprint density at radius 2 is 2.11 bits per heavy atom. The summed E-state index contributed by atoms with van der Waals surface area (Å²) in [5.74, 6) is 0. The molecule has 0 aliphatic carbocycles. The van der Waals surface area contributed by atoms with Crippen molar-refractivity contribution in [2.45, 2.75) is 13.5 Å². The fourth-order valence-corrected chi connectivity index (χ4v) is 2.78. The average Bonchev–Trinajstić information content (AvgIpc) is 2.89. The molecule has 0 aliphatic rings.